The molecule has 22 heavy (non-hydrogen) atoms. The molecule has 124 valence electrons. The second kappa shape index (κ2) is 8.69. The standard InChI is InChI=1S/C20H33NO/c1-15(2)20-12-9-17(16(3)21-19-10-11-19)14-18(20)8-6-5-7-13-22-4/h9,12,14-16,19,21H,5-8,10-11,13H2,1-4H3. The first-order chi connectivity index (χ1) is 10.6. The Bertz CT molecular complexity index is 451. The number of ether oxygens (including phenoxy) is 1. The molecule has 2 rings (SSSR count). The van der Waals surface area contributed by atoms with Crippen LogP contribution in [0.2, 0.25) is 0 Å². The zero-order valence-electron chi connectivity index (χ0n) is 14.8. The lowest BCUT2D eigenvalue weighted by atomic mass is 9.91. The monoisotopic (exact) mass is 303 g/mol. The van der Waals surface area contributed by atoms with E-state index in [9.17, 15) is 0 Å². The van der Waals surface area contributed by atoms with E-state index in [1.54, 1.807) is 12.7 Å². The Balaban J connectivity index is 1.99. The van der Waals surface area contributed by atoms with Gasteiger partial charge in [0.15, 0.2) is 0 Å². The van der Waals surface area contributed by atoms with Crippen LogP contribution in [-0.2, 0) is 11.2 Å². The summed E-state index contributed by atoms with van der Waals surface area (Å²) in [7, 11) is 1.79. The van der Waals surface area contributed by atoms with Gasteiger partial charge in [-0.25, -0.2) is 0 Å². The summed E-state index contributed by atoms with van der Waals surface area (Å²) in [6.45, 7) is 7.79. The molecule has 1 aromatic rings. The molecule has 0 bridgehead atoms. The van der Waals surface area contributed by atoms with E-state index >= 15 is 0 Å². The molecule has 1 fully saturated rings. The molecule has 0 aliphatic heterocycles. The summed E-state index contributed by atoms with van der Waals surface area (Å²) < 4.78 is 5.14. The lowest BCUT2D eigenvalue weighted by Crippen LogP contribution is -2.21. The van der Waals surface area contributed by atoms with Crippen LogP contribution < -0.4 is 5.32 Å². The molecular weight excluding hydrogens is 270 g/mol. The molecule has 1 unspecified atom stereocenters. The molecule has 2 nitrogen and oxygen atoms in total. The number of nitrogens with one attached hydrogen (secondary N) is 1. The quantitative estimate of drug-likeness (QED) is 0.615. The topological polar surface area (TPSA) is 21.3 Å². The van der Waals surface area contributed by atoms with Crippen molar-refractivity contribution in [2.24, 2.45) is 0 Å². The molecule has 0 saturated heterocycles. The van der Waals surface area contributed by atoms with E-state index in [2.05, 4.69) is 44.3 Å². The average Bonchev–Trinajstić information content (AvgIpc) is 3.30. The van der Waals surface area contributed by atoms with Crippen molar-refractivity contribution in [1.82, 2.24) is 5.32 Å². The van der Waals surface area contributed by atoms with Crippen LogP contribution >= 0.6 is 0 Å². The largest absolute Gasteiger partial charge is 0.385 e. The summed E-state index contributed by atoms with van der Waals surface area (Å²) in [6, 6.07) is 8.36. The first-order valence-electron chi connectivity index (χ1n) is 8.99. The number of hydrogen-bond acceptors (Lipinski definition) is 2. The summed E-state index contributed by atoms with van der Waals surface area (Å²) in [5, 5.41) is 3.71. The SMILES string of the molecule is COCCCCCc1cc(C(C)NC2CC2)ccc1C(C)C. The van der Waals surface area contributed by atoms with Gasteiger partial charge in [0, 0.05) is 25.8 Å². The number of rotatable bonds is 10. The smallest absolute Gasteiger partial charge is 0.0462 e. The molecule has 0 spiro atoms. The van der Waals surface area contributed by atoms with Crippen molar-refractivity contribution in [3.8, 4) is 0 Å². The van der Waals surface area contributed by atoms with Crippen molar-refractivity contribution >= 4 is 0 Å². The first kappa shape index (κ1) is 17.5. The minimum absolute atomic E-state index is 0.473. The van der Waals surface area contributed by atoms with Crippen molar-refractivity contribution < 1.29 is 4.74 Å². The van der Waals surface area contributed by atoms with Gasteiger partial charge in [0.2, 0.25) is 0 Å². The summed E-state index contributed by atoms with van der Waals surface area (Å²) in [4.78, 5) is 0. The highest BCUT2D eigenvalue weighted by atomic mass is 16.5. The third-order valence-corrected chi connectivity index (χ3v) is 4.65. The van der Waals surface area contributed by atoms with E-state index in [1.807, 2.05) is 0 Å². The normalized spacial score (nSPS) is 16.2. The average molecular weight is 303 g/mol. The molecule has 1 saturated carbocycles. The molecule has 2 heteroatoms. The number of aryl methyl sites for hydroxylation is 1. The van der Waals surface area contributed by atoms with E-state index in [-0.39, 0.29) is 0 Å². The van der Waals surface area contributed by atoms with Crippen LogP contribution in [0.5, 0.6) is 0 Å². The third kappa shape index (κ3) is 5.40. The van der Waals surface area contributed by atoms with Crippen molar-refractivity contribution in [3.63, 3.8) is 0 Å². The van der Waals surface area contributed by atoms with Crippen LogP contribution in [0.3, 0.4) is 0 Å². The number of unbranched alkanes of at least 4 members (excludes halogenated alkanes) is 2. The van der Waals surface area contributed by atoms with E-state index in [1.165, 1.54) is 49.7 Å². The van der Waals surface area contributed by atoms with Crippen LogP contribution in [0, 0.1) is 0 Å². The molecule has 1 N–H and O–H groups in total. The van der Waals surface area contributed by atoms with Gasteiger partial charge < -0.3 is 10.1 Å². The van der Waals surface area contributed by atoms with Gasteiger partial charge in [-0.05, 0) is 61.6 Å². The Kier molecular flexibility index (Phi) is 6.91. The summed E-state index contributed by atoms with van der Waals surface area (Å²) >= 11 is 0. The Morgan fingerprint density at radius 3 is 2.55 bits per heavy atom. The number of benzene rings is 1. The Labute approximate surface area is 136 Å². The second-order valence-corrected chi connectivity index (χ2v) is 7.08. The maximum atomic E-state index is 5.14. The van der Waals surface area contributed by atoms with Crippen LogP contribution in [0.1, 0.15) is 81.5 Å². The third-order valence-electron chi connectivity index (χ3n) is 4.65. The molecule has 1 atom stereocenters. The van der Waals surface area contributed by atoms with Crippen LogP contribution in [0.4, 0.5) is 0 Å². The first-order valence-corrected chi connectivity index (χ1v) is 8.99. The van der Waals surface area contributed by atoms with Crippen LogP contribution in [-0.4, -0.2) is 19.8 Å². The fraction of sp³-hybridized carbons (Fsp3) is 0.700. The van der Waals surface area contributed by atoms with Gasteiger partial charge in [0.25, 0.3) is 0 Å². The van der Waals surface area contributed by atoms with Gasteiger partial charge in [-0.1, -0.05) is 38.5 Å². The maximum Gasteiger partial charge on any atom is 0.0462 e. The van der Waals surface area contributed by atoms with Gasteiger partial charge >= 0.3 is 0 Å². The minimum Gasteiger partial charge on any atom is -0.385 e. The van der Waals surface area contributed by atoms with Gasteiger partial charge in [0.1, 0.15) is 0 Å². The lowest BCUT2D eigenvalue weighted by molar-refractivity contribution is 0.192. The Morgan fingerprint density at radius 1 is 1.14 bits per heavy atom. The van der Waals surface area contributed by atoms with Crippen molar-refractivity contribution in [2.45, 2.75) is 77.3 Å². The molecule has 1 aromatic carbocycles. The van der Waals surface area contributed by atoms with E-state index in [0.29, 0.717) is 12.0 Å². The number of hydrogen-bond donors (Lipinski definition) is 1. The minimum atomic E-state index is 0.473. The van der Waals surface area contributed by atoms with Crippen molar-refractivity contribution in [2.75, 3.05) is 13.7 Å². The second-order valence-electron chi connectivity index (χ2n) is 7.08. The predicted molar refractivity (Wildman–Crippen MR) is 94.5 cm³/mol. The van der Waals surface area contributed by atoms with Crippen molar-refractivity contribution in [3.05, 3.63) is 34.9 Å². The van der Waals surface area contributed by atoms with E-state index < -0.39 is 0 Å². The lowest BCUT2D eigenvalue weighted by Gasteiger charge is -2.19. The van der Waals surface area contributed by atoms with Crippen LogP contribution in [0.25, 0.3) is 0 Å². The molecule has 1 aliphatic carbocycles. The molecule has 0 radical (unpaired) electrons. The van der Waals surface area contributed by atoms with Gasteiger partial charge in [-0.2, -0.15) is 0 Å². The van der Waals surface area contributed by atoms with Crippen molar-refractivity contribution in [1.29, 1.82) is 0 Å². The highest BCUT2D eigenvalue weighted by Gasteiger charge is 2.23. The Hall–Kier alpha value is -0.860. The number of methoxy groups -OCH3 is 1. The highest BCUT2D eigenvalue weighted by molar-refractivity contribution is 5.35. The van der Waals surface area contributed by atoms with Gasteiger partial charge in [-0.3, -0.25) is 0 Å². The van der Waals surface area contributed by atoms with Gasteiger partial charge in [-0.15, -0.1) is 0 Å². The zero-order valence-corrected chi connectivity index (χ0v) is 14.8. The molecule has 0 heterocycles. The van der Waals surface area contributed by atoms with Crippen LogP contribution in [0.15, 0.2) is 18.2 Å². The highest BCUT2D eigenvalue weighted by Crippen LogP contribution is 2.28. The summed E-state index contributed by atoms with van der Waals surface area (Å²) in [5.74, 6) is 0.606. The maximum absolute atomic E-state index is 5.14. The fourth-order valence-corrected chi connectivity index (χ4v) is 3.11. The predicted octanol–water partition coefficient (Wildman–Crippen LogP) is 4.98. The van der Waals surface area contributed by atoms with Gasteiger partial charge in [0.05, 0.1) is 0 Å². The van der Waals surface area contributed by atoms with E-state index in [0.717, 1.165) is 12.6 Å². The molecule has 0 aromatic heterocycles. The molecule has 1 aliphatic rings. The zero-order chi connectivity index (χ0) is 15.9. The summed E-state index contributed by atoms with van der Waals surface area (Å²) in [6.07, 6.45) is 7.58. The Morgan fingerprint density at radius 2 is 1.91 bits per heavy atom. The fourth-order valence-electron chi connectivity index (χ4n) is 3.11. The molecular formula is C20H33NO. The summed E-state index contributed by atoms with van der Waals surface area (Å²) in [5.41, 5.74) is 4.52. The van der Waals surface area contributed by atoms with E-state index in [4.69, 9.17) is 4.74 Å². The molecule has 0 amide bonds.